The fourth-order valence-corrected chi connectivity index (χ4v) is 3.09. The maximum Gasteiger partial charge on any atom is 0.217 e. The van der Waals surface area contributed by atoms with E-state index in [-0.39, 0.29) is 5.91 Å². The molecule has 1 aliphatic heterocycles. The number of primary amides is 1. The first-order chi connectivity index (χ1) is 9.69. The van der Waals surface area contributed by atoms with Gasteiger partial charge in [-0.25, -0.2) is 4.98 Å². The van der Waals surface area contributed by atoms with E-state index in [9.17, 15) is 4.79 Å². The SMILES string of the molecule is CN=C(NCc1nccs1)N1CCCC(CC(N)=O)C1. The monoisotopic (exact) mass is 295 g/mol. The highest BCUT2D eigenvalue weighted by molar-refractivity contribution is 7.09. The van der Waals surface area contributed by atoms with Crippen molar-refractivity contribution in [3.63, 3.8) is 0 Å². The van der Waals surface area contributed by atoms with Gasteiger partial charge >= 0.3 is 0 Å². The zero-order chi connectivity index (χ0) is 14.4. The first kappa shape index (κ1) is 14.8. The second kappa shape index (κ2) is 7.23. The van der Waals surface area contributed by atoms with Gasteiger partial charge in [0.2, 0.25) is 5.91 Å². The smallest absolute Gasteiger partial charge is 0.217 e. The molecular weight excluding hydrogens is 274 g/mol. The van der Waals surface area contributed by atoms with E-state index in [1.54, 1.807) is 24.6 Å². The molecule has 3 N–H and O–H groups in total. The summed E-state index contributed by atoms with van der Waals surface area (Å²) in [5, 5.41) is 6.32. The zero-order valence-corrected chi connectivity index (χ0v) is 12.5. The number of likely N-dealkylation sites (tertiary alicyclic amines) is 1. The van der Waals surface area contributed by atoms with Crippen LogP contribution in [-0.2, 0) is 11.3 Å². The maximum atomic E-state index is 11.0. The molecule has 6 nitrogen and oxygen atoms in total. The van der Waals surface area contributed by atoms with E-state index in [2.05, 4.69) is 20.2 Å². The number of hydrogen-bond acceptors (Lipinski definition) is 4. The van der Waals surface area contributed by atoms with Crippen molar-refractivity contribution >= 4 is 23.2 Å². The van der Waals surface area contributed by atoms with Crippen LogP contribution in [0.4, 0.5) is 0 Å². The standard InChI is InChI=1S/C13H21N5OS/c1-15-13(17-8-12-16-4-6-20-12)18-5-2-3-10(9-18)7-11(14)19/h4,6,10H,2-3,5,7-9H2,1H3,(H2,14,19)(H,15,17). The largest absolute Gasteiger partial charge is 0.370 e. The summed E-state index contributed by atoms with van der Waals surface area (Å²) in [5.41, 5.74) is 5.29. The van der Waals surface area contributed by atoms with Crippen LogP contribution in [0.25, 0.3) is 0 Å². The highest BCUT2D eigenvalue weighted by Crippen LogP contribution is 2.19. The van der Waals surface area contributed by atoms with Crippen molar-refractivity contribution in [3.8, 4) is 0 Å². The van der Waals surface area contributed by atoms with E-state index in [1.807, 2.05) is 5.38 Å². The summed E-state index contributed by atoms with van der Waals surface area (Å²) in [6, 6.07) is 0. The van der Waals surface area contributed by atoms with E-state index < -0.39 is 0 Å². The van der Waals surface area contributed by atoms with Gasteiger partial charge in [-0.15, -0.1) is 11.3 Å². The molecule has 1 aliphatic rings. The Kier molecular flexibility index (Phi) is 5.34. The molecule has 0 radical (unpaired) electrons. The van der Waals surface area contributed by atoms with Crippen LogP contribution in [0.15, 0.2) is 16.6 Å². The average molecular weight is 295 g/mol. The first-order valence-electron chi connectivity index (χ1n) is 6.81. The van der Waals surface area contributed by atoms with Gasteiger partial charge in [0.05, 0.1) is 6.54 Å². The minimum absolute atomic E-state index is 0.220. The van der Waals surface area contributed by atoms with E-state index in [0.717, 1.165) is 36.9 Å². The number of piperidine rings is 1. The number of rotatable bonds is 4. The number of nitrogens with two attached hydrogens (primary N) is 1. The Morgan fingerprint density at radius 1 is 1.70 bits per heavy atom. The van der Waals surface area contributed by atoms with Crippen LogP contribution in [-0.4, -0.2) is 41.9 Å². The molecule has 1 unspecified atom stereocenters. The lowest BCUT2D eigenvalue weighted by molar-refractivity contribution is -0.119. The predicted molar refractivity (Wildman–Crippen MR) is 80.4 cm³/mol. The lowest BCUT2D eigenvalue weighted by atomic mass is 9.95. The van der Waals surface area contributed by atoms with Gasteiger partial charge in [0.15, 0.2) is 5.96 Å². The summed E-state index contributed by atoms with van der Waals surface area (Å²) in [6.45, 7) is 2.48. The van der Waals surface area contributed by atoms with E-state index in [0.29, 0.717) is 18.9 Å². The lowest BCUT2D eigenvalue weighted by Gasteiger charge is -2.34. The highest BCUT2D eigenvalue weighted by atomic mass is 32.1. The van der Waals surface area contributed by atoms with E-state index >= 15 is 0 Å². The minimum Gasteiger partial charge on any atom is -0.370 e. The van der Waals surface area contributed by atoms with Crippen molar-refractivity contribution in [3.05, 3.63) is 16.6 Å². The van der Waals surface area contributed by atoms with Gasteiger partial charge in [-0.05, 0) is 18.8 Å². The average Bonchev–Trinajstić information content (AvgIpc) is 2.92. The molecule has 1 aromatic heterocycles. The number of carbonyl (C=O) groups excluding carboxylic acids is 1. The number of amides is 1. The van der Waals surface area contributed by atoms with Gasteiger partial charge in [-0.1, -0.05) is 0 Å². The molecule has 1 atom stereocenters. The van der Waals surface area contributed by atoms with Gasteiger partial charge in [-0.3, -0.25) is 9.79 Å². The number of hydrogen-bond donors (Lipinski definition) is 2. The summed E-state index contributed by atoms with van der Waals surface area (Å²) >= 11 is 1.62. The van der Waals surface area contributed by atoms with Crippen molar-refractivity contribution < 1.29 is 4.79 Å². The van der Waals surface area contributed by atoms with Crippen LogP contribution in [0.3, 0.4) is 0 Å². The van der Waals surface area contributed by atoms with Crippen molar-refractivity contribution in [1.82, 2.24) is 15.2 Å². The third-order valence-electron chi connectivity index (χ3n) is 3.40. The van der Waals surface area contributed by atoms with Crippen LogP contribution >= 0.6 is 11.3 Å². The second-order valence-electron chi connectivity index (χ2n) is 4.95. The number of nitrogens with zero attached hydrogens (tertiary/aromatic N) is 3. The summed E-state index contributed by atoms with van der Waals surface area (Å²) < 4.78 is 0. The molecule has 0 aromatic carbocycles. The normalized spacial score (nSPS) is 19.9. The fourth-order valence-electron chi connectivity index (χ4n) is 2.54. The van der Waals surface area contributed by atoms with Gasteiger partial charge in [0.25, 0.3) is 0 Å². The van der Waals surface area contributed by atoms with Gasteiger partial charge in [-0.2, -0.15) is 0 Å². The molecule has 0 spiro atoms. The Morgan fingerprint density at radius 3 is 3.20 bits per heavy atom. The molecule has 0 bridgehead atoms. The number of carbonyl (C=O) groups is 1. The summed E-state index contributed by atoms with van der Waals surface area (Å²) in [6.07, 6.45) is 4.38. The summed E-state index contributed by atoms with van der Waals surface area (Å²) in [5.74, 6) is 0.983. The van der Waals surface area contributed by atoms with Gasteiger partial charge in [0.1, 0.15) is 5.01 Å². The number of nitrogens with one attached hydrogen (secondary N) is 1. The summed E-state index contributed by atoms with van der Waals surface area (Å²) in [4.78, 5) is 21.8. The molecule has 1 saturated heterocycles. The molecule has 2 rings (SSSR count). The molecule has 0 aliphatic carbocycles. The number of guanidine groups is 1. The number of aromatic nitrogens is 1. The van der Waals surface area contributed by atoms with Crippen molar-refractivity contribution in [2.24, 2.45) is 16.6 Å². The topological polar surface area (TPSA) is 83.6 Å². The van der Waals surface area contributed by atoms with Crippen LogP contribution in [0, 0.1) is 5.92 Å². The third-order valence-corrected chi connectivity index (χ3v) is 4.18. The first-order valence-corrected chi connectivity index (χ1v) is 7.69. The highest BCUT2D eigenvalue weighted by Gasteiger charge is 2.23. The Balaban J connectivity index is 1.88. The molecule has 1 aromatic rings. The molecule has 1 amide bonds. The third kappa shape index (κ3) is 4.19. The van der Waals surface area contributed by atoms with Crippen molar-refractivity contribution in [2.75, 3.05) is 20.1 Å². The molecule has 0 saturated carbocycles. The Bertz CT molecular complexity index is 459. The Morgan fingerprint density at radius 2 is 2.55 bits per heavy atom. The molecular formula is C13H21N5OS. The molecule has 20 heavy (non-hydrogen) atoms. The van der Waals surface area contributed by atoms with Gasteiger partial charge in [0, 0.05) is 38.1 Å². The Hall–Kier alpha value is -1.63. The second-order valence-corrected chi connectivity index (χ2v) is 5.93. The van der Waals surface area contributed by atoms with Crippen molar-refractivity contribution in [1.29, 1.82) is 0 Å². The maximum absolute atomic E-state index is 11.0. The quantitative estimate of drug-likeness (QED) is 0.636. The van der Waals surface area contributed by atoms with E-state index in [4.69, 9.17) is 5.73 Å². The van der Waals surface area contributed by atoms with Crippen LogP contribution in [0.2, 0.25) is 0 Å². The molecule has 2 heterocycles. The van der Waals surface area contributed by atoms with Crippen molar-refractivity contribution in [2.45, 2.75) is 25.8 Å². The molecule has 7 heteroatoms. The predicted octanol–water partition coefficient (Wildman–Crippen LogP) is 0.806. The van der Waals surface area contributed by atoms with Crippen LogP contribution < -0.4 is 11.1 Å². The molecule has 110 valence electrons. The Labute approximate surface area is 123 Å². The zero-order valence-electron chi connectivity index (χ0n) is 11.7. The van der Waals surface area contributed by atoms with Gasteiger partial charge < -0.3 is 16.0 Å². The van der Waals surface area contributed by atoms with Crippen LogP contribution in [0.1, 0.15) is 24.3 Å². The van der Waals surface area contributed by atoms with Crippen LogP contribution in [0.5, 0.6) is 0 Å². The summed E-state index contributed by atoms with van der Waals surface area (Å²) in [7, 11) is 1.78. The minimum atomic E-state index is -0.220. The number of thiazole rings is 1. The lowest BCUT2D eigenvalue weighted by Crippen LogP contribution is -2.46. The number of aliphatic imine (C=N–C) groups is 1. The molecule has 1 fully saturated rings. The fraction of sp³-hybridized carbons (Fsp3) is 0.615. The van der Waals surface area contributed by atoms with E-state index in [1.165, 1.54) is 0 Å².